The van der Waals surface area contributed by atoms with Gasteiger partial charge in [0.25, 0.3) is 0 Å². The molecule has 1 saturated heterocycles. The number of amides is 3. The normalized spacial score (nSPS) is 18.8. The first-order valence-electron chi connectivity index (χ1n) is 14.9. The van der Waals surface area contributed by atoms with E-state index in [1.54, 1.807) is 11.1 Å². The van der Waals surface area contributed by atoms with Gasteiger partial charge in [-0.15, -0.1) is 0 Å². The number of hydrogen-bond acceptors (Lipinski definition) is 8. The Bertz CT molecular complexity index is 1450. The van der Waals surface area contributed by atoms with Gasteiger partial charge < -0.3 is 35.4 Å². The minimum absolute atomic E-state index is 0.123. The van der Waals surface area contributed by atoms with E-state index < -0.39 is 35.5 Å². The molecule has 236 valence electrons. The summed E-state index contributed by atoms with van der Waals surface area (Å²) in [5, 5.41) is 18.1. The molecule has 4 N–H and O–H groups in total. The van der Waals surface area contributed by atoms with Crippen LogP contribution < -0.4 is 16.0 Å². The molecule has 2 aliphatic rings. The standard InChI is InChI=1S/C33H37N5O7/c39-29(36-19-27(30(40)41)37-31(42)33(14-15-33)24-11-5-2-6-12-24)22-44-26-17-25(18-35-28-13-7-8-16-34-28)38(20-26)32(43)45-21-23-9-3-1-4-10-23/h1-13,16,25-27H,14-15,17-22H2,(H,34,35)(H,36,39)(H,37,42)(H,40,41)/t25-,26+,27-/m0/s1. The number of carbonyl (C=O) groups excluding carboxylic acids is 3. The fourth-order valence-corrected chi connectivity index (χ4v) is 5.39. The summed E-state index contributed by atoms with van der Waals surface area (Å²) >= 11 is 0. The van der Waals surface area contributed by atoms with Gasteiger partial charge in [0.15, 0.2) is 0 Å². The van der Waals surface area contributed by atoms with Gasteiger partial charge >= 0.3 is 12.1 Å². The van der Waals surface area contributed by atoms with Gasteiger partial charge in [0, 0.05) is 19.3 Å². The SMILES string of the molecule is O=C(CO[C@@H]1C[C@@H](CNc2ccccn2)N(C(=O)OCc2ccccc2)C1)NC[C@H](NC(=O)C1(c2ccccc2)CC1)C(=O)O. The summed E-state index contributed by atoms with van der Waals surface area (Å²) in [6.07, 6.45) is 2.43. The molecule has 0 unspecified atom stereocenters. The van der Waals surface area contributed by atoms with E-state index in [-0.39, 0.29) is 38.3 Å². The zero-order valence-corrected chi connectivity index (χ0v) is 24.8. The summed E-state index contributed by atoms with van der Waals surface area (Å²) in [4.78, 5) is 56.4. The smallest absolute Gasteiger partial charge is 0.410 e. The predicted octanol–water partition coefficient (Wildman–Crippen LogP) is 2.71. The molecule has 2 fully saturated rings. The Labute approximate surface area is 261 Å². The molecule has 0 spiro atoms. The van der Waals surface area contributed by atoms with E-state index in [1.807, 2.05) is 78.9 Å². The van der Waals surface area contributed by atoms with Gasteiger partial charge in [0.1, 0.15) is 25.1 Å². The Morgan fingerprint density at radius 2 is 1.69 bits per heavy atom. The van der Waals surface area contributed by atoms with E-state index >= 15 is 0 Å². The highest BCUT2D eigenvalue weighted by molar-refractivity contribution is 5.94. The van der Waals surface area contributed by atoms with Crippen LogP contribution in [0.1, 0.15) is 30.4 Å². The highest BCUT2D eigenvalue weighted by Gasteiger charge is 2.51. The highest BCUT2D eigenvalue weighted by atomic mass is 16.6. The van der Waals surface area contributed by atoms with Gasteiger partial charge in [-0.3, -0.25) is 9.59 Å². The number of nitrogens with one attached hydrogen (secondary N) is 3. The molecule has 1 aliphatic heterocycles. The van der Waals surface area contributed by atoms with Crippen LogP contribution in [0.5, 0.6) is 0 Å². The number of rotatable bonds is 14. The Balaban J connectivity index is 1.11. The number of carboxylic acids is 1. The lowest BCUT2D eigenvalue weighted by molar-refractivity contribution is -0.142. The summed E-state index contributed by atoms with van der Waals surface area (Å²) in [6.45, 7) is 0.0939. The van der Waals surface area contributed by atoms with Crippen LogP contribution in [-0.4, -0.2) is 83.3 Å². The van der Waals surface area contributed by atoms with Crippen LogP contribution in [0.4, 0.5) is 10.6 Å². The molecule has 1 aliphatic carbocycles. The zero-order valence-electron chi connectivity index (χ0n) is 24.8. The second kappa shape index (κ2) is 14.7. The van der Waals surface area contributed by atoms with Crippen LogP contribution in [0.2, 0.25) is 0 Å². The van der Waals surface area contributed by atoms with Gasteiger partial charge in [0.05, 0.1) is 24.1 Å². The Morgan fingerprint density at radius 1 is 0.978 bits per heavy atom. The van der Waals surface area contributed by atoms with E-state index in [0.717, 1.165) is 11.1 Å². The fraction of sp³-hybridized carbons (Fsp3) is 0.364. The van der Waals surface area contributed by atoms with Crippen LogP contribution in [0.15, 0.2) is 85.1 Å². The number of carbonyl (C=O) groups is 4. The van der Waals surface area contributed by atoms with Crippen molar-refractivity contribution in [2.75, 3.05) is 31.6 Å². The van der Waals surface area contributed by atoms with Crippen LogP contribution in [0, 0.1) is 0 Å². The number of ether oxygens (including phenoxy) is 2. The number of nitrogens with zero attached hydrogens (tertiary/aromatic N) is 2. The van der Waals surface area contributed by atoms with Crippen molar-refractivity contribution in [1.82, 2.24) is 20.5 Å². The van der Waals surface area contributed by atoms with Crippen molar-refractivity contribution in [3.63, 3.8) is 0 Å². The molecule has 12 nitrogen and oxygen atoms in total. The van der Waals surface area contributed by atoms with Crippen molar-refractivity contribution in [3.05, 3.63) is 96.2 Å². The molecule has 3 atom stereocenters. The first-order valence-corrected chi connectivity index (χ1v) is 14.9. The van der Waals surface area contributed by atoms with Gasteiger partial charge in [-0.1, -0.05) is 66.7 Å². The van der Waals surface area contributed by atoms with E-state index in [0.29, 0.717) is 31.6 Å². The number of aromatic nitrogens is 1. The second-order valence-corrected chi connectivity index (χ2v) is 11.2. The van der Waals surface area contributed by atoms with Crippen molar-refractivity contribution in [3.8, 4) is 0 Å². The third-order valence-electron chi connectivity index (χ3n) is 8.07. The van der Waals surface area contributed by atoms with Crippen molar-refractivity contribution in [1.29, 1.82) is 0 Å². The average Bonchev–Trinajstić information content (AvgIpc) is 3.79. The molecule has 2 heterocycles. The summed E-state index contributed by atoms with van der Waals surface area (Å²) in [7, 11) is 0. The summed E-state index contributed by atoms with van der Waals surface area (Å²) in [6, 6.07) is 22.5. The maximum atomic E-state index is 13.1. The minimum atomic E-state index is -1.30. The van der Waals surface area contributed by atoms with Crippen molar-refractivity contribution >= 4 is 29.7 Å². The maximum absolute atomic E-state index is 13.1. The van der Waals surface area contributed by atoms with E-state index in [9.17, 15) is 24.3 Å². The molecular weight excluding hydrogens is 578 g/mol. The summed E-state index contributed by atoms with van der Waals surface area (Å²) in [5.41, 5.74) is 0.966. The number of hydrogen-bond donors (Lipinski definition) is 4. The molecule has 12 heteroatoms. The van der Waals surface area contributed by atoms with Crippen molar-refractivity contribution < 1.29 is 33.8 Å². The van der Waals surface area contributed by atoms with Gasteiger partial charge in [-0.2, -0.15) is 0 Å². The van der Waals surface area contributed by atoms with E-state index in [2.05, 4.69) is 20.9 Å². The molecule has 45 heavy (non-hydrogen) atoms. The molecule has 0 radical (unpaired) electrons. The number of likely N-dealkylation sites (tertiary alicyclic amines) is 1. The van der Waals surface area contributed by atoms with Crippen LogP contribution in [-0.2, 0) is 35.9 Å². The molecule has 2 aromatic carbocycles. The Hall–Kier alpha value is -4.97. The first-order chi connectivity index (χ1) is 21.8. The van der Waals surface area contributed by atoms with Gasteiger partial charge in [0.2, 0.25) is 11.8 Å². The van der Waals surface area contributed by atoms with E-state index in [4.69, 9.17) is 9.47 Å². The number of pyridine rings is 1. The zero-order chi connectivity index (χ0) is 31.6. The Kier molecular flexibility index (Phi) is 10.3. The second-order valence-electron chi connectivity index (χ2n) is 11.2. The summed E-state index contributed by atoms with van der Waals surface area (Å²) < 4.78 is 11.4. The lowest BCUT2D eigenvalue weighted by Gasteiger charge is -2.24. The lowest BCUT2D eigenvalue weighted by Crippen LogP contribution is -2.51. The first kappa shape index (κ1) is 31.5. The van der Waals surface area contributed by atoms with Crippen LogP contribution in [0.3, 0.4) is 0 Å². The molecule has 0 bridgehead atoms. The van der Waals surface area contributed by atoms with Gasteiger partial charge in [-0.25, -0.2) is 14.6 Å². The quantitative estimate of drug-likeness (QED) is 0.214. The topological polar surface area (TPSA) is 159 Å². The van der Waals surface area contributed by atoms with Crippen molar-refractivity contribution in [2.24, 2.45) is 0 Å². The number of carboxylic acid groups (broad SMARTS) is 1. The van der Waals surface area contributed by atoms with E-state index in [1.165, 1.54) is 0 Å². The van der Waals surface area contributed by atoms with Gasteiger partial charge in [-0.05, 0) is 42.5 Å². The highest BCUT2D eigenvalue weighted by Crippen LogP contribution is 2.48. The number of aliphatic carboxylic acids is 1. The molecule has 5 rings (SSSR count). The maximum Gasteiger partial charge on any atom is 0.410 e. The monoisotopic (exact) mass is 615 g/mol. The molecule has 1 saturated carbocycles. The third-order valence-corrected chi connectivity index (χ3v) is 8.07. The molecular formula is C33H37N5O7. The third kappa shape index (κ3) is 8.36. The van der Waals surface area contributed by atoms with Crippen LogP contribution >= 0.6 is 0 Å². The molecule has 3 amide bonds. The van der Waals surface area contributed by atoms with Crippen molar-refractivity contribution in [2.45, 2.75) is 49.5 Å². The van der Waals surface area contributed by atoms with Crippen LogP contribution in [0.25, 0.3) is 0 Å². The molecule has 1 aromatic heterocycles. The molecule has 3 aromatic rings. The number of benzene rings is 2. The predicted molar refractivity (Wildman–Crippen MR) is 164 cm³/mol. The number of anilines is 1. The fourth-order valence-electron chi connectivity index (χ4n) is 5.39. The minimum Gasteiger partial charge on any atom is -0.480 e. The largest absolute Gasteiger partial charge is 0.480 e. The summed E-state index contributed by atoms with van der Waals surface area (Å²) in [5.74, 6) is -1.50. The lowest BCUT2D eigenvalue weighted by atomic mass is 9.94. The average molecular weight is 616 g/mol. The Morgan fingerprint density at radius 3 is 2.36 bits per heavy atom.